The van der Waals surface area contributed by atoms with Crippen LogP contribution in [-0.4, -0.2) is 58.3 Å². The van der Waals surface area contributed by atoms with Crippen molar-refractivity contribution in [1.82, 2.24) is 19.9 Å². The lowest BCUT2D eigenvalue weighted by atomic mass is 10.1. The molecule has 0 radical (unpaired) electrons. The summed E-state index contributed by atoms with van der Waals surface area (Å²) < 4.78 is 26.3. The standard InChI is InChI=1S/C17H24N4O3S/c1-13(2)12-25(23,24)14-7-9-20(10-8-14)17(22)11-21-16-6-4-3-5-15(16)18-19-21/h3-6,13-14H,7-12H2,1-2H3. The summed E-state index contributed by atoms with van der Waals surface area (Å²) in [5.74, 6) is 0.303. The van der Waals surface area contributed by atoms with Crippen molar-refractivity contribution in [2.75, 3.05) is 18.8 Å². The molecule has 0 unspecified atom stereocenters. The van der Waals surface area contributed by atoms with Crippen LogP contribution in [0.1, 0.15) is 26.7 Å². The summed E-state index contributed by atoms with van der Waals surface area (Å²) in [5, 5.41) is 7.76. The van der Waals surface area contributed by atoms with E-state index in [1.165, 1.54) is 0 Å². The van der Waals surface area contributed by atoms with Crippen molar-refractivity contribution in [3.63, 3.8) is 0 Å². The number of carbonyl (C=O) groups excluding carboxylic acids is 1. The lowest BCUT2D eigenvalue weighted by molar-refractivity contribution is -0.132. The van der Waals surface area contributed by atoms with Crippen molar-refractivity contribution in [3.05, 3.63) is 24.3 Å². The third kappa shape index (κ3) is 4.00. The highest BCUT2D eigenvalue weighted by Crippen LogP contribution is 2.21. The molecule has 1 aromatic heterocycles. The van der Waals surface area contributed by atoms with E-state index in [9.17, 15) is 13.2 Å². The lowest BCUT2D eigenvalue weighted by Gasteiger charge is -2.32. The summed E-state index contributed by atoms with van der Waals surface area (Å²) in [6, 6.07) is 7.50. The maximum absolute atomic E-state index is 12.5. The van der Waals surface area contributed by atoms with Crippen LogP contribution in [0.25, 0.3) is 11.0 Å². The lowest BCUT2D eigenvalue weighted by Crippen LogP contribution is -2.44. The second-order valence-electron chi connectivity index (χ2n) is 7.04. The number of carbonyl (C=O) groups is 1. The van der Waals surface area contributed by atoms with Crippen molar-refractivity contribution in [3.8, 4) is 0 Å². The molecule has 7 nitrogen and oxygen atoms in total. The number of aromatic nitrogens is 3. The molecule has 1 fully saturated rings. The Labute approximate surface area is 147 Å². The molecule has 0 aliphatic carbocycles. The van der Waals surface area contributed by atoms with Crippen molar-refractivity contribution >= 4 is 26.8 Å². The number of hydrogen-bond donors (Lipinski definition) is 0. The van der Waals surface area contributed by atoms with Gasteiger partial charge in [0.2, 0.25) is 5.91 Å². The molecule has 0 saturated carbocycles. The molecular weight excluding hydrogens is 340 g/mol. The fourth-order valence-corrected chi connectivity index (χ4v) is 5.46. The van der Waals surface area contributed by atoms with Gasteiger partial charge < -0.3 is 4.90 Å². The van der Waals surface area contributed by atoms with Gasteiger partial charge in [-0.1, -0.05) is 31.2 Å². The van der Waals surface area contributed by atoms with Crippen LogP contribution in [0.5, 0.6) is 0 Å². The molecule has 1 aliphatic rings. The van der Waals surface area contributed by atoms with Crippen molar-refractivity contribution < 1.29 is 13.2 Å². The van der Waals surface area contributed by atoms with Gasteiger partial charge in [-0.2, -0.15) is 0 Å². The van der Waals surface area contributed by atoms with Gasteiger partial charge in [-0.05, 0) is 30.9 Å². The van der Waals surface area contributed by atoms with Gasteiger partial charge in [-0.15, -0.1) is 5.10 Å². The molecule has 1 aromatic carbocycles. The molecule has 2 heterocycles. The minimum atomic E-state index is -3.08. The first kappa shape index (κ1) is 17.8. The van der Waals surface area contributed by atoms with Crippen LogP contribution in [0.2, 0.25) is 0 Å². The number of para-hydroxylation sites is 1. The number of fused-ring (bicyclic) bond motifs is 1. The molecule has 1 saturated heterocycles. The van der Waals surface area contributed by atoms with E-state index in [2.05, 4.69) is 10.3 Å². The van der Waals surface area contributed by atoms with E-state index in [0.29, 0.717) is 25.9 Å². The van der Waals surface area contributed by atoms with E-state index in [-0.39, 0.29) is 29.4 Å². The smallest absolute Gasteiger partial charge is 0.244 e. The van der Waals surface area contributed by atoms with E-state index in [1.807, 2.05) is 38.1 Å². The van der Waals surface area contributed by atoms with Crippen LogP contribution >= 0.6 is 0 Å². The predicted octanol–water partition coefficient (Wildman–Crippen LogP) is 1.49. The Kier molecular flexibility index (Phi) is 5.08. The van der Waals surface area contributed by atoms with E-state index in [4.69, 9.17) is 0 Å². The van der Waals surface area contributed by atoms with Gasteiger partial charge in [0.25, 0.3) is 0 Å². The van der Waals surface area contributed by atoms with E-state index < -0.39 is 9.84 Å². The maximum atomic E-state index is 12.5. The Morgan fingerprint density at radius 2 is 1.92 bits per heavy atom. The Balaban J connectivity index is 1.60. The molecule has 3 rings (SSSR count). The van der Waals surface area contributed by atoms with Crippen LogP contribution in [0.15, 0.2) is 24.3 Å². The van der Waals surface area contributed by atoms with Gasteiger partial charge >= 0.3 is 0 Å². The summed E-state index contributed by atoms with van der Waals surface area (Å²) in [4.78, 5) is 14.3. The van der Waals surface area contributed by atoms with E-state index in [0.717, 1.165) is 11.0 Å². The first-order valence-electron chi connectivity index (χ1n) is 8.64. The SMILES string of the molecule is CC(C)CS(=O)(=O)C1CCN(C(=O)Cn2nnc3ccccc32)CC1. The largest absolute Gasteiger partial charge is 0.341 e. The number of nitrogens with zero attached hydrogens (tertiary/aromatic N) is 4. The Morgan fingerprint density at radius 1 is 1.24 bits per heavy atom. The second kappa shape index (κ2) is 7.11. The summed E-state index contributed by atoms with van der Waals surface area (Å²) in [6.45, 7) is 4.92. The third-order valence-electron chi connectivity index (χ3n) is 4.57. The third-order valence-corrected chi connectivity index (χ3v) is 7.19. The van der Waals surface area contributed by atoms with Crippen molar-refractivity contribution in [1.29, 1.82) is 0 Å². The Hall–Kier alpha value is -1.96. The topological polar surface area (TPSA) is 85.2 Å². The number of sulfone groups is 1. The zero-order valence-electron chi connectivity index (χ0n) is 14.6. The first-order valence-corrected chi connectivity index (χ1v) is 10.4. The maximum Gasteiger partial charge on any atom is 0.244 e. The molecule has 0 bridgehead atoms. The van der Waals surface area contributed by atoms with E-state index in [1.54, 1.807) is 9.58 Å². The zero-order valence-corrected chi connectivity index (χ0v) is 15.4. The number of amides is 1. The summed E-state index contributed by atoms with van der Waals surface area (Å²) in [6.07, 6.45) is 1.03. The number of benzene rings is 1. The molecule has 136 valence electrons. The van der Waals surface area contributed by atoms with Gasteiger partial charge in [0.15, 0.2) is 9.84 Å². The minimum absolute atomic E-state index is 0.0460. The van der Waals surface area contributed by atoms with Crippen molar-refractivity contribution in [2.24, 2.45) is 5.92 Å². The zero-order chi connectivity index (χ0) is 18.0. The summed E-state index contributed by atoms with van der Waals surface area (Å²) in [7, 11) is -3.08. The number of piperidine rings is 1. The quantitative estimate of drug-likeness (QED) is 0.802. The highest BCUT2D eigenvalue weighted by atomic mass is 32.2. The van der Waals surface area contributed by atoms with Gasteiger partial charge in [0, 0.05) is 13.1 Å². The normalized spacial score (nSPS) is 16.7. The first-order chi connectivity index (χ1) is 11.9. The molecule has 8 heteroatoms. The number of rotatable bonds is 5. The monoisotopic (exact) mass is 364 g/mol. The molecule has 1 amide bonds. The molecular formula is C17H24N4O3S. The Bertz CT molecular complexity index is 852. The van der Waals surface area contributed by atoms with Crippen LogP contribution < -0.4 is 0 Å². The predicted molar refractivity (Wildman–Crippen MR) is 95.8 cm³/mol. The fraction of sp³-hybridized carbons (Fsp3) is 0.588. The molecule has 0 spiro atoms. The molecule has 2 aromatic rings. The fourth-order valence-electron chi connectivity index (χ4n) is 3.33. The van der Waals surface area contributed by atoms with Gasteiger partial charge in [0.05, 0.1) is 16.5 Å². The van der Waals surface area contributed by atoms with E-state index >= 15 is 0 Å². The Morgan fingerprint density at radius 3 is 2.60 bits per heavy atom. The van der Waals surface area contributed by atoms with Gasteiger partial charge in [-0.3, -0.25) is 4.79 Å². The highest BCUT2D eigenvalue weighted by Gasteiger charge is 2.32. The molecule has 1 aliphatic heterocycles. The molecule has 25 heavy (non-hydrogen) atoms. The van der Waals surface area contributed by atoms with Gasteiger partial charge in [0.1, 0.15) is 12.1 Å². The number of likely N-dealkylation sites (tertiary alicyclic amines) is 1. The van der Waals surface area contributed by atoms with Crippen LogP contribution in [0.4, 0.5) is 0 Å². The highest BCUT2D eigenvalue weighted by molar-refractivity contribution is 7.92. The van der Waals surface area contributed by atoms with Crippen LogP contribution in [0, 0.1) is 5.92 Å². The average Bonchev–Trinajstić information content (AvgIpc) is 2.97. The minimum Gasteiger partial charge on any atom is -0.341 e. The molecule has 0 atom stereocenters. The van der Waals surface area contributed by atoms with Crippen molar-refractivity contribution in [2.45, 2.75) is 38.5 Å². The van der Waals surface area contributed by atoms with Gasteiger partial charge in [-0.25, -0.2) is 13.1 Å². The average molecular weight is 364 g/mol. The van der Waals surface area contributed by atoms with Crippen LogP contribution in [0.3, 0.4) is 0 Å². The van der Waals surface area contributed by atoms with Crippen LogP contribution in [-0.2, 0) is 21.2 Å². The molecule has 0 N–H and O–H groups in total. The second-order valence-corrected chi connectivity index (χ2v) is 9.37. The summed E-state index contributed by atoms with van der Waals surface area (Å²) >= 11 is 0. The summed E-state index contributed by atoms with van der Waals surface area (Å²) in [5.41, 5.74) is 1.58. The number of hydrogen-bond acceptors (Lipinski definition) is 5.